The molecule has 0 atom stereocenters. The van der Waals surface area contributed by atoms with Crippen molar-refractivity contribution in [2.75, 3.05) is 13.2 Å². The zero-order valence-corrected chi connectivity index (χ0v) is 14.2. The fourth-order valence-corrected chi connectivity index (χ4v) is 2.74. The second kappa shape index (κ2) is 8.30. The van der Waals surface area contributed by atoms with Gasteiger partial charge >= 0.3 is 12.1 Å². The molecule has 1 heterocycles. The van der Waals surface area contributed by atoms with E-state index >= 15 is 0 Å². The van der Waals surface area contributed by atoms with Gasteiger partial charge in [0.1, 0.15) is 11.6 Å². The normalized spacial score (nSPS) is 11.2. The molecule has 1 amide bonds. The van der Waals surface area contributed by atoms with Gasteiger partial charge in [-0.05, 0) is 12.1 Å². The van der Waals surface area contributed by atoms with Gasteiger partial charge in [0.05, 0.1) is 12.1 Å². The molecule has 1 aromatic heterocycles. The van der Waals surface area contributed by atoms with Gasteiger partial charge in [-0.25, -0.2) is 4.98 Å². The van der Waals surface area contributed by atoms with E-state index < -0.39 is 31.2 Å². The molecule has 0 fully saturated rings. The Kier molecular flexibility index (Phi) is 6.38. The first kappa shape index (κ1) is 19.2. The van der Waals surface area contributed by atoms with Gasteiger partial charge in [-0.2, -0.15) is 13.2 Å². The molecule has 0 saturated carbocycles. The van der Waals surface area contributed by atoms with E-state index in [9.17, 15) is 22.8 Å². The van der Waals surface area contributed by atoms with Crippen LogP contribution in [0.5, 0.6) is 0 Å². The molecule has 0 unspecified atom stereocenters. The largest absolute Gasteiger partial charge is 0.455 e. The predicted molar refractivity (Wildman–Crippen MR) is 86.3 cm³/mol. The molecule has 0 saturated heterocycles. The number of benzene rings is 1. The van der Waals surface area contributed by atoms with Crippen molar-refractivity contribution >= 4 is 34.8 Å². The smallest absolute Gasteiger partial charge is 0.405 e. The Balaban J connectivity index is 1.82. The molecule has 1 N–H and O–H groups in total. The third-order valence-corrected chi connectivity index (χ3v) is 3.97. The summed E-state index contributed by atoms with van der Waals surface area (Å²) in [5.74, 6) is -1.78. The van der Waals surface area contributed by atoms with E-state index in [1.807, 2.05) is 6.07 Å². The van der Waals surface area contributed by atoms with Crippen molar-refractivity contribution in [3.8, 4) is 10.6 Å². The van der Waals surface area contributed by atoms with Gasteiger partial charge in [0.2, 0.25) is 0 Å². The standard InChI is InChI=1S/C15H12ClF3N2O3S/c16-10-3-1-2-9(4-10)14-21-11(7-25-14)5-13(23)24-6-12(22)20-8-15(17,18)19/h1-4,7H,5-6,8H2,(H,20,22). The predicted octanol–water partition coefficient (Wildman–Crippen LogP) is 3.23. The minimum Gasteiger partial charge on any atom is -0.455 e. The van der Waals surface area contributed by atoms with Crippen LogP contribution in [-0.2, 0) is 20.7 Å². The number of nitrogens with one attached hydrogen (secondary N) is 1. The number of rotatable bonds is 6. The molecule has 0 radical (unpaired) electrons. The third kappa shape index (κ3) is 6.71. The number of thiazole rings is 1. The van der Waals surface area contributed by atoms with Crippen LogP contribution in [0.25, 0.3) is 10.6 Å². The zero-order valence-electron chi connectivity index (χ0n) is 12.6. The molecule has 1 aromatic carbocycles. The Labute approximate surface area is 149 Å². The first-order valence-electron chi connectivity index (χ1n) is 6.92. The number of nitrogens with zero attached hydrogens (tertiary/aromatic N) is 1. The van der Waals surface area contributed by atoms with Gasteiger partial charge in [-0.1, -0.05) is 23.7 Å². The summed E-state index contributed by atoms with van der Waals surface area (Å²) in [6.07, 6.45) is -4.71. The summed E-state index contributed by atoms with van der Waals surface area (Å²) in [5, 5.41) is 4.47. The Bertz CT molecular complexity index is 764. The quantitative estimate of drug-likeness (QED) is 0.766. The molecule has 0 spiro atoms. The van der Waals surface area contributed by atoms with Crippen molar-refractivity contribution in [1.29, 1.82) is 0 Å². The molecule has 0 aliphatic rings. The molecular weight excluding hydrogens is 381 g/mol. The van der Waals surface area contributed by atoms with Crippen molar-refractivity contribution in [3.05, 3.63) is 40.4 Å². The van der Waals surface area contributed by atoms with E-state index in [-0.39, 0.29) is 6.42 Å². The van der Waals surface area contributed by atoms with Gasteiger partial charge in [0.25, 0.3) is 5.91 Å². The number of carbonyl (C=O) groups excluding carboxylic acids is 2. The minimum absolute atomic E-state index is 0.191. The molecule has 2 rings (SSSR count). The number of halogens is 4. The highest BCUT2D eigenvalue weighted by atomic mass is 35.5. The summed E-state index contributed by atoms with van der Waals surface area (Å²) in [6, 6.07) is 7.04. The van der Waals surface area contributed by atoms with Gasteiger partial charge in [0.15, 0.2) is 6.61 Å². The highest BCUT2D eigenvalue weighted by Gasteiger charge is 2.27. The third-order valence-electron chi connectivity index (χ3n) is 2.80. The summed E-state index contributed by atoms with van der Waals surface area (Å²) in [7, 11) is 0. The Hall–Kier alpha value is -2.13. The van der Waals surface area contributed by atoms with E-state index in [0.29, 0.717) is 15.7 Å². The second-order valence-corrected chi connectivity index (χ2v) is 6.18. The number of hydrogen-bond acceptors (Lipinski definition) is 5. The summed E-state index contributed by atoms with van der Waals surface area (Å²) in [4.78, 5) is 27.1. The van der Waals surface area contributed by atoms with E-state index in [4.69, 9.17) is 11.6 Å². The van der Waals surface area contributed by atoms with Crippen LogP contribution in [0.15, 0.2) is 29.6 Å². The molecular formula is C15H12ClF3N2O3S. The molecule has 10 heteroatoms. The number of hydrogen-bond donors (Lipinski definition) is 1. The van der Waals surface area contributed by atoms with Crippen molar-refractivity contribution in [3.63, 3.8) is 0 Å². The molecule has 0 aliphatic carbocycles. The minimum atomic E-state index is -4.52. The molecule has 25 heavy (non-hydrogen) atoms. The van der Waals surface area contributed by atoms with Crippen LogP contribution >= 0.6 is 22.9 Å². The average molecular weight is 393 g/mol. The van der Waals surface area contributed by atoms with Gasteiger partial charge in [-0.3, -0.25) is 9.59 Å². The lowest BCUT2D eigenvalue weighted by molar-refractivity contribution is -0.150. The molecule has 134 valence electrons. The van der Waals surface area contributed by atoms with Crippen LogP contribution < -0.4 is 5.32 Å². The number of alkyl halides is 3. The number of carbonyl (C=O) groups is 2. The van der Waals surface area contributed by atoms with E-state index in [0.717, 1.165) is 5.56 Å². The number of aromatic nitrogens is 1. The fourth-order valence-electron chi connectivity index (χ4n) is 1.74. The van der Waals surface area contributed by atoms with Crippen LogP contribution in [0.1, 0.15) is 5.69 Å². The lowest BCUT2D eigenvalue weighted by Gasteiger charge is -2.08. The Morgan fingerprint density at radius 3 is 2.76 bits per heavy atom. The van der Waals surface area contributed by atoms with Crippen LogP contribution in [0, 0.1) is 0 Å². The summed E-state index contributed by atoms with van der Waals surface area (Å²) in [5.41, 5.74) is 1.23. The fraction of sp³-hybridized carbons (Fsp3) is 0.267. The molecule has 2 aromatic rings. The second-order valence-electron chi connectivity index (χ2n) is 4.88. The summed E-state index contributed by atoms with van der Waals surface area (Å²) >= 11 is 7.21. The maximum Gasteiger partial charge on any atom is 0.405 e. The van der Waals surface area contributed by atoms with Gasteiger partial charge < -0.3 is 10.1 Å². The van der Waals surface area contributed by atoms with E-state index in [1.54, 1.807) is 28.9 Å². The maximum absolute atomic E-state index is 11.9. The number of ether oxygens (including phenoxy) is 1. The monoisotopic (exact) mass is 392 g/mol. The Morgan fingerprint density at radius 2 is 2.08 bits per heavy atom. The van der Waals surface area contributed by atoms with Crippen molar-refractivity contribution in [2.24, 2.45) is 0 Å². The molecule has 0 bridgehead atoms. The SMILES string of the molecule is O=C(COC(=O)Cc1csc(-c2cccc(Cl)c2)n1)NCC(F)(F)F. The van der Waals surface area contributed by atoms with Crippen molar-refractivity contribution < 1.29 is 27.5 Å². The van der Waals surface area contributed by atoms with Crippen molar-refractivity contribution in [2.45, 2.75) is 12.6 Å². The molecule has 0 aliphatic heterocycles. The summed E-state index contributed by atoms with van der Waals surface area (Å²) in [6.45, 7) is -2.25. The first-order chi connectivity index (χ1) is 11.7. The lowest BCUT2D eigenvalue weighted by atomic mass is 10.2. The van der Waals surface area contributed by atoms with E-state index in [2.05, 4.69) is 9.72 Å². The average Bonchev–Trinajstić information content (AvgIpc) is 2.99. The maximum atomic E-state index is 11.9. The van der Waals surface area contributed by atoms with Gasteiger partial charge in [-0.15, -0.1) is 11.3 Å². The lowest BCUT2D eigenvalue weighted by Crippen LogP contribution is -2.36. The van der Waals surface area contributed by atoms with Crippen LogP contribution in [-0.4, -0.2) is 36.2 Å². The highest BCUT2D eigenvalue weighted by Crippen LogP contribution is 2.26. The van der Waals surface area contributed by atoms with Crippen LogP contribution in [0.2, 0.25) is 5.02 Å². The van der Waals surface area contributed by atoms with Gasteiger partial charge in [0, 0.05) is 16.0 Å². The molecule has 5 nitrogen and oxygen atoms in total. The van der Waals surface area contributed by atoms with Crippen molar-refractivity contribution in [1.82, 2.24) is 10.3 Å². The number of amides is 1. The first-order valence-corrected chi connectivity index (χ1v) is 8.18. The van der Waals surface area contributed by atoms with Crippen LogP contribution in [0.4, 0.5) is 13.2 Å². The summed E-state index contributed by atoms with van der Waals surface area (Å²) < 4.78 is 40.4. The Morgan fingerprint density at radius 1 is 1.32 bits per heavy atom. The zero-order chi connectivity index (χ0) is 18.4. The number of esters is 1. The highest BCUT2D eigenvalue weighted by molar-refractivity contribution is 7.13. The van der Waals surface area contributed by atoms with Crippen LogP contribution in [0.3, 0.4) is 0 Å². The topological polar surface area (TPSA) is 68.3 Å². The van der Waals surface area contributed by atoms with E-state index in [1.165, 1.54) is 11.3 Å².